The van der Waals surface area contributed by atoms with Crippen LogP contribution in [-0.4, -0.2) is 5.91 Å². The van der Waals surface area contributed by atoms with Gasteiger partial charge in [0.1, 0.15) is 0 Å². The average molecular weight is 248 g/mol. The number of amides is 1. The van der Waals surface area contributed by atoms with Crippen LogP contribution < -0.4 is 11.1 Å². The molecule has 3 N–H and O–H groups in total. The van der Waals surface area contributed by atoms with Gasteiger partial charge in [-0.25, -0.2) is 0 Å². The number of hydrogen-bond donors (Lipinski definition) is 2. The molecule has 0 aromatic heterocycles. The summed E-state index contributed by atoms with van der Waals surface area (Å²) in [6.45, 7) is 6.66. The first-order valence-electron chi connectivity index (χ1n) is 6.71. The lowest BCUT2D eigenvalue weighted by Crippen LogP contribution is -2.32. The molecule has 1 unspecified atom stereocenters. The van der Waals surface area contributed by atoms with E-state index in [0.29, 0.717) is 6.54 Å². The van der Waals surface area contributed by atoms with Gasteiger partial charge in [0, 0.05) is 12.5 Å². The van der Waals surface area contributed by atoms with Crippen molar-refractivity contribution in [2.24, 2.45) is 11.7 Å². The number of benzene rings is 1. The van der Waals surface area contributed by atoms with Crippen LogP contribution in [0.1, 0.15) is 50.8 Å². The lowest BCUT2D eigenvalue weighted by Gasteiger charge is -2.18. The molecule has 1 aromatic carbocycles. The minimum absolute atomic E-state index is 0.0462. The highest BCUT2D eigenvalue weighted by Gasteiger charge is 2.16. The smallest absolute Gasteiger partial charge is 0.223 e. The molecule has 3 heteroatoms. The molecule has 1 aromatic rings. The SMILES string of the molecule is CCC(CC)C(=O)NC(C)c1ccc(CN)cc1. The third kappa shape index (κ3) is 3.84. The Morgan fingerprint density at radius 1 is 1.22 bits per heavy atom. The van der Waals surface area contributed by atoms with Crippen molar-refractivity contribution < 1.29 is 4.79 Å². The molecule has 0 aliphatic carbocycles. The van der Waals surface area contributed by atoms with Crippen molar-refractivity contribution in [3.8, 4) is 0 Å². The van der Waals surface area contributed by atoms with Crippen molar-refractivity contribution in [3.05, 3.63) is 35.4 Å². The summed E-state index contributed by atoms with van der Waals surface area (Å²) < 4.78 is 0. The van der Waals surface area contributed by atoms with Crippen LogP contribution in [0.4, 0.5) is 0 Å². The van der Waals surface area contributed by atoms with E-state index >= 15 is 0 Å². The zero-order chi connectivity index (χ0) is 13.5. The van der Waals surface area contributed by atoms with Crippen LogP contribution in [0.15, 0.2) is 24.3 Å². The van der Waals surface area contributed by atoms with Crippen LogP contribution >= 0.6 is 0 Å². The Kier molecular flexibility index (Phi) is 5.86. The summed E-state index contributed by atoms with van der Waals surface area (Å²) in [7, 11) is 0. The fraction of sp³-hybridized carbons (Fsp3) is 0.533. The standard InChI is InChI=1S/C15H24N2O/c1-4-13(5-2)15(18)17-11(3)14-8-6-12(10-16)7-9-14/h6-9,11,13H,4-5,10,16H2,1-3H3,(H,17,18). The van der Waals surface area contributed by atoms with E-state index in [9.17, 15) is 4.79 Å². The lowest BCUT2D eigenvalue weighted by molar-refractivity contribution is -0.125. The van der Waals surface area contributed by atoms with Gasteiger partial charge in [-0.1, -0.05) is 38.1 Å². The summed E-state index contributed by atoms with van der Waals surface area (Å²) in [4.78, 5) is 12.0. The molecule has 1 amide bonds. The quantitative estimate of drug-likeness (QED) is 0.813. The van der Waals surface area contributed by atoms with Crippen LogP contribution in [0.25, 0.3) is 0 Å². The van der Waals surface area contributed by atoms with E-state index in [0.717, 1.165) is 24.0 Å². The minimum atomic E-state index is 0.0462. The highest BCUT2D eigenvalue weighted by atomic mass is 16.1. The molecule has 3 nitrogen and oxygen atoms in total. The number of hydrogen-bond acceptors (Lipinski definition) is 2. The van der Waals surface area contributed by atoms with Crippen LogP contribution in [0, 0.1) is 5.92 Å². The summed E-state index contributed by atoms with van der Waals surface area (Å²) in [5, 5.41) is 3.07. The predicted octanol–water partition coefficient (Wildman–Crippen LogP) is 2.76. The molecule has 0 bridgehead atoms. The molecule has 100 valence electrons. The second-order valence-corrected chi connectivity index (χ2v) is 4.69. The average Bonchev–Trinajstić information content (AvgIpc) is 2.40. The first kappa shape index (κ1) is 14.7. The van der Waals surface area contributed by atoms with Gasteiger partial charge in [-0.2, -0.15) is 0 Å². The van der Waals surface area contributed by atoms with Gasteiger partial charge in [0.05, 0.1) is 6.04 Å². The summed E-state index contributed by atoms with van der Waals surface area (Å²) >= 11 is 0. The van der Waals surface area contributed by atoms with Crippen molar-refractivity contribution in [2.75, 3.05) is 0 Å². The molecule has 0 heterocycles. The molecule has 0 spiro atoms. The number of carbonyl (C=O) groups is 1. The van der Waals surface area contributed by atoms with Gasteiger partial charge in [-0.05, 0) is 30.9 Å². The van der Waals surface area contributed by atoms with E-state index < -0.39 is 0 Å². The third-order valence-corrected chi connectivity index (χ3v) is 3.43. The summed E-state index contributed by atoms with van der Waals surface area (Å²) in [6.07, 6.45) is 1.78. The number of nitrogens with one attached hydrogen (secondary N) is 1. The van der Waals surface area contributed by atoms with Gasteiger partial charge >= 0.3 is 0 Å². The Bertz CT molecular complexity index is 369. The molecule has 0 radical (unpaired) electrons. The highest BCUT2D eigenvalue weighted by molar-refractivity contribution is 5.78. The van der Waals surface area contributed by atoms with E-state index in [4.69, 9.17) is 5.73 Å². The Morgan fingerprint density at radius 2 is 1.78 bits per heavy atom. The maximum absolute atomic E-state index is 12.0. The highest BCUT2D eigenvalue weighted by Crippen LogP contribution is 2.15. The summed E-state index contributed by atoms with van der Waals surface area (Å²) in [5.74, 6) is 0.270. The van der Waals surface area contributed by atoms with E-state index in [2.05, 4.69) is 19.2 Å². The van der Waals surface area contributed by atoms with Crippen LogP contribution in [0.2, 0.25) is 0 Å². The topological polar surface area (TPSA) is 55.1 Å². The molecule has 0 fully saturated rings. The Hall–Kier alpha value is -1.35. The van der Waals surface area contributed by atoms with Crippen LogP contribution in [0.3, 0.4) is 0 Å². The first-order valence-corrected chi connectivity index (χ1v) is 6.71. The molecule has 18 heavy (non-hydrogen) atoms. The first-order chi connectivity index (χ1) is 8.62. The van der Waals surface area contributed by atoms with E-state index in [1.165, 1.54) is 0 Å². The maximum atomic E-state index is 12.0. The van der Waals surface area contributed by atoms with E-state index in [-0.39, 0.29) is 17.9 Å². The largest absolute Gasteiger partial charge is 0.349 e. The number of rotatable bonds is 6. The Balaban J connectivity index is 2.63. The Morgan fingerprint density at radius 3 is 2.22 bits per heavy atom. The van der Waals surface area contributed by atoms with Gasteiger partial charge in [0.15, 0.2) is 0 Å². The van der Waals surface area contributed by atoms with Crippen molar-refractivity contribution in [1.29, 1.82) is 0 Å². The van der Waals surface area contributed by atoms with Crippen molar-refractivity contribution >= 4 is 5.91 Å². The second kappa shape index (κ2) is 7.17. The van der Waals surface area contributed by atoms with Gasteiger partial charge in [0.25, 0.3) is 0 Å². The van der Waals surface area contributed by atoms with E-state index in [1.54, 1.807) is 0 Å². The predicted molar refractivity (Wildman–Crippen MR) is 75.0 cm³/mol. The lowest BCUT2D eigenvalue weighted by atomic mass is 10.0. The molecule has 0 aliphatic heterocycles. The summed E-state index contributed by atoms with van der Waals surface area (Å²) in [5.41, 5.74) is 7.79. The zero-order valence-electron chi connectivity index (χ0n) is 11.6. The number of carbonyl (C=O) groups excluding carboxylic acids is 1. The fourth-order valence-electron chi connectivity index (χ4n) is 2.02. The third-order valence-electron chi connectivity index (χ3n) is 3.43. The maximum Gasteiger partial charge on any atom is 0.223 e. The molecule has 0 saturated carbocycles. The molecular weight excluding hydrogens is 224 g/mol. The molecule has 1 atom stereocenters. The van der Waals surface area contributed by atoms with Gasteiger partial charge in [0.2, 0.25) is 5.91 Å². The van der Waals surface area contributed by atoms with Gasteiger partial charge in [-0.3, -0.25) is 4.79 Å². The van der Waals surface area contributed by atoms with Crippen LogP contribution in [-0.2, 0) is 11.3 Å². The van der Waals surface area contributed by atoms with Crippen molar-refractivity contribution in [1.82, 2.24) is 5.32 Å². The van der Waals surface area contributed by atoms with Gasteiger partial charge in [-0.15, -0.1) is 0 Å². The zero-order valence-corrected chi connectivity index (χ0v) is 11.6. The normalized spacial score (nSPS) is 12.5. The van der Waals surface area contributed by atoms with E-state index in [1.807, 2.05) is 31.2 Å². The summed E-state index contributed by atoms with van der Waals surface area (Å²) in [6, 6.07) is 8.12. The number of nitrogens with two attached hydrogens (primary N) is 1. The monoisotopic (exact) mass is 248 g/mol. The van der Waals surface area contributed by atoms with Crippen LogP contribution in [0.5, 0.6) is 0 Å². The fourth-order valence-corrected chi connectivity index (χ4v) is 2.02. The van der Waals surface area contributed by atoms with Gasteiger partial charge < -0.3 is 11.1 Å². The van der Waals surface area contributed by atoms with Crippen molar-refractivity contribution in [3.63, 3.8) is 0 Å². The molecule has 0 aliphatic rings. The second-order valence-electron chi connectivity index (χ2n) is 4.69. The Labute approximate surface area is 110 Å². The molecule has 0 saturated heterocycles. The molecular formula is C15H24N2O. The minimum Gasteiger partial charge on any atom is -0.349 e. The molecule has 1 rings (SSSR count). The van der Waals surface area contributed by atoms with Crippen molar-refractivity contribution in [2.45, 2.75) is 46.2 Å².